The Bertz CT molecular complexity index is 619. The van der Waals surface area contributed by atoms with Crippen LogP contribution in [0.25, 0.3) is 5.65 Å². The van der Waals surface area contributed by atoms with E-state index in [0.717, 1.165) is 25.5 Å². The topological polar surface area (TPSA) is 71.2 Å². The molecule has 7 heteroatoms. The lowest BCUT2D eigenvalue weighted by molar-refractivity contribution is 0.355. The third kappa shape index (κ3) is 1.48. The van der Waals surface area contributed by atoms with E-state index in [1.165, 1.54) is 4.63 Å². The van der Waals surface area contributed by atoms with E-state index >= 15 is 0 Å². The predicted molar refractivity (Wildman–Crippen MR) is 69.9 cm³/mol. The summed E-state index contributed by atoms with van der Waals surface area (Å²) < 4.78 is 1.50. The fourth-order valence-corrected chi connectivity index (χ4v) is 3.59. The Morgan fingerprint density at radius 2 is 2.21 bits per heavy atom. The Labute approximate surface area is 111 Å². The van der Waals surface area contributed by atoms with Gasteiger partial charge < -0.3 is 10.2 Å². The van der Waals surface area contributed by atoms with Gasteiger partial charge in [-0.15, -0.1) is 14.8 Å². The third-order valence-corrected chi connectivity index (χ3v) is 4.69. The fourth-order valence-electron chi connectivity index (χ4n) is 3.59. The van der Waals surface area contributed by atoms with Crippen molar-refractivity contribution in [2.45, 2.75) is 19.4 Å². The highest BCUT2D eigenvalue weighted by Gasteiger charge is 2.50. The van der Waals surface area contributed by atoms with E-state index in [1.807, 2.05) is 12.1 Å². The summed E-state index contributed by atoms with van der Waals surface area (Å²) in [6.45, 7) is 7.86. The van der Waals surface area contributed by atoms with Gasteiger partial charge in [-0.3, -0.25) is 0 Å². The summed E-state index contributed by atoms with van der Waals surface area (Å²) >= 11 is 0. The highest BCUT2D eigenvalue weighted by molar-refractivity contribution is 5.48. The zero-order chi connectivity index (χ0) is 13.0. The van der Waals surface area contributed by atoms with Crippen LogP contribution in [0.3, 0.4) is 0 Å². The number of rotatable bonds is 1. The summed E-state index contributed by atoms with van der Waals surface area (Å²) in [6, 6.07) is 3.94. The Morgan fingerprint density at radius 3 is 3.05 bits per heavy atom. The van der Waals surface area contributed by atoms with E-state index in [2.05, 4.69) is 44.7 Å². The molecular weight excluding hydrogens is 242 g/mol. The van der Waals surface area contributed by atoms with Crippen LogP contribution in [0.5, 0.6) is 0 Å². The minimum Gasteiger partial charge on any atom is -0.349 e. The van der Waals surface area contributed by atoms with Gasteiger partial charge in [-0.2, -0.15) is 0 Å². The van der Waals surface area contributed by atoms with Crippen LogP contribution in [0.15, 0.2) is 12.1 Å². The van der Waals surface area contributed by atoms with Crippen molar-refractivity contribution >= 4 is 11.5 Å². The maximum Gasteiger partial charge on any atom is 0.200 e. The first-order valence-electron chi connectivity index (χ1n) is 6.70. The molecule has 2 fully saturated rings. The largest absolute Gasteiger partial charge is 0.349 e. The van der Waals surface area contributed by atoms with E-state index in [-0.39, 0.29) is 5.54 Å². The molecular formula is C12H17N7. The lowest BCUT2D eigenvalue weighted by Crippen LogP contribution is -2.45. The van der Waals surface area contributed by atoms with E-state index in [9.17, 15) is 0 Å². The molecule has 19 heavy (non-hydrogen) atoms. The van der Waals surface area contributed by atoms with E-state index in [1.54, 1.807) is 0 Å². The summed E-state index contributed by atoms with van der Waals surface area (Å²) in [5.41, 5.74) is 0.797. The molecule has 0 bridgehead atoms. The summed E-state index contributed by atoms with van der Waals surface area (Å²) in [4.78, 5) is 2.39. The molecule has 2 aromatic heterocycles. The molecule has 0 aliphatic carbocycles. The summed E-state index contributed by atoms with van der Waals surface area (Å²) in [6.07, 6.45) is 0. The normalized spacial score (nSPS) is 29.1. The Balaban J connectivity index is 1.75. The van der Waals surface area contributed by atoms with Crippen LogP contribution < -0.4 is 10.2 Å². The van der Waals surface area contributed by atoms with Crippen molar-refractivity contribution in [2.75, 3.05) is 24.5 Å². The third-order valence-electron chi connectivity index (χ3n) is 4.69. The average Bonchev–Trinajstić information content (AvgIpc) is 3.06. The van der Waals surface area contributed by atoms with Gasteiger partial charge in [-0.1, -0.05) is 0 Å². The Kier molecular flexibility index (Phi) is 2.12. The smallest absolute Gasteiger partial charge is 0.200 e. The maximum atomic E-state index is 4.53. The average molecular weight is 259 g/mol. The highest BCUT2D eigenvalue weighted by Crippen LogP contribution is 2.42. The summed E-state index contributed by atoms with van der Waals surface area (Å²) in [7, 11) is 0. The lowest BCUT2D eigenvalue weighted by Gasteiger charge is -2.36. The zero-order valence-electron chi connectivity index (χ0n) is 11.1. The van der Waals surface area contributed by atoms with Crippen LogP contribution in [0, 0.1) is 11.8 Å². The minimum atomic E-state index is 0.114. The quantitative estimate of drug-likeness (QED) is 0.774. The molecule has 0 aromatic carbocycles. The second-order valence-electron chi connectivity index (χ2n) is 6.01. The van der Waals surface area contributed by atoms with E-state index in [0.29, 0.717) is 17.5 Å². The number of hydrogen-bond donors (Lipinski definition) is 1. The molecule has 7 nitrogen and oxygen atoms in total. The van der Waals surface area contributed by atoms with Crippen molar-refractivity contribution in [1.29, 1.82) is 0 Å². The van der Waals surface area contributed by atoms with Gasteiger partial charge in [-0.05, 0) is 48.2 Å². The molecule has 0 radical (unpaired) electrons. The molecule has 4 heterocycles. The van der Waals surface area contributed by atoms with Crippen LogP contribution in [0.1, 0.15) is 13.8 Å². The summed E-state index contributed by atoms with van der Waals surface area (Å²) in [5.74, 6) is 2.35. The molecule has 2 aliphatic heterocycles. The molecule has 100 valence electrons. The monoisotopic (exact) mass is 259 g/mol. The minimum absolute atomic E-state index is 0.114. The van der Waals surface area contributed by atoms with E-state index < -0.39 is 0 Å². The predicted octanol–water partition coefficient (Wildman–Crippen LogP) is -0.0465. The molecule has 2 aromatic rings. The number of tetrazole rings is 1. The van der Waals surface area contributed by atoms with Gasteiger partial charge in [-0.25, -0.2) is 0 Å². The Hall–Kier alpha value is -1.76. The fraction of sp³-hybridized carbons (Fsp3) is 0.667. The number of anilines is 1. The molecule has 1 N–H and O–H groups in total. The van der Waals surface area contributed by atoms with Crippen LogP contribution in [-0.4, -0.2) is 50.4 Å². The molecule has 0 amide bonds. The van der Waals surface area contributed by atoms with Crippen LogP contribution >= 0.6 is 0 Å². The second-order valence-corrected chi connectivity index (χ2v) is 6.01. The number of aromatic nitrogens is 5. The lowest BCUT2D eigenvalue weighted by atomic mass is 9.85. The SMILES string of the molecule is CC1(C)C2CNCC2CN1c1ccc2nnnn2n1. The van der Waals surface area contributed by atoms with Crippen LogP contribution in [0.4, 0.5) is 5.82 Å². The Morgan fingerprint density at radius 1 is 1.32 bits per heavy atom. The molecule has 2 aliphatic rings. The first-order valence-corrected chi connectivity index (χ1v) is 6.70. The second kappa shape index (κ2) is 3.63. The van der Waals surface area contributed by atoms with Gasteiger partial charge in [0.1, 0.15) is 0 Å². The van der Waals surface area contributed by atoms with Crippen molar-refractivity contribution in [3.05, 3.63) is 12.1 Å². The van der Waals surface area contributed by atoms with Gasteiger partial charge >= 0.3 is 0 Å². The van der Waals surface area contributed by atoms with Crippen molar-refractivity contribution in [3.63, 3.8) is 0 Å². The number of nitrogens with zero attached hydrogens (tertiary/aromatic N) is 6. The number of hydrogen-bond acceptors (Lipinski definition) is 6. The van der Waals surface area contributed by atoms with Crippen molar-refractivity contribution in [1.82, 2.24) is 30.6 Å². The standard InChI is InChI=1S/C12H17N7/c1-12(2)9-6-13-5-8(9)7-18(12)11-4-3-10-14-16-17-19(10)15-11/h3-4,8-9,13H,5-7H2,1-2H3. The van der Waals surface area contributed by atoms with Crippen molar-refractivity contribution < 1.29 is 0 Å². The van der Waals surface area contributed by atoms with E-state index in [4.69, 9.17) is 0 Å². The maximum absolute atomic E-state index is 4.53. The summed E-state index contributed by atoms with van der Waals surface area (Å²) in [5, 5.41) is 19.4. The molecule has 2 unspecified atom stereocenters. The van der Waals surface area contributed by atoms with Crippen molar-refractivity contribution in [3.8, 4) is 0 Å². The first kappa shape index (κ1) is 11.1. The van der Waals surface area contributed by atoms with Gasteiger partial charge in [0.25, 0.3) is 0 Å². The van der Waals surface area contributed by atoms with Gasteiger partial charge in [0.2, 0.25) is 0 Å². The van der Waals surface area contributed by atoms with Crippen LogP contribution in [-0.2, 0) is 0 Å². The number of fused-ring (bicyclic) bond motifs is 2. The zero-order valence-corrected chi connectivity index (χ0v) is 11.1. The molecule has 0 spiro atoms. The van der Waals surface area contributed by atoms with Gasteiger partial charge in [0, 0.05) is 25.2 Å². The van der Waals surface area contributed by atoms with Gasteiger partial charge in [0.15, 0.2) is 11.5 Å². The van der Waals surface area contributed by atoms with Crippen molar-refractivity contribution in [2.24, 2.45) is 11.8 Å². The molecule has 4 rings (SSSR count). The molecule has 0 saturated carbocycles. The first-order chi connectivity index (χ1) is 9.16. The highest BCUT2D eigenvalue weighted by atomic mass is 15.6. The van der Waals surface area contributed by atoms with Gasteiger partial charge in [0.05, 0.1) is 0 Å². The number of nitrogens with one attached hydrogen (secondary N) is 1. The van der Waals surface area contributed by atoms with Crippen LogP contribution in [0.2, 0.25) is 0 Å². The molecule has 2 atom stereocenters. The molecule has 2 saturated heterocycles.